The maximum absolute atomic E-state index is 12.1. The van der Waals surface area contributed by atoms with Gasteiger partial charge in [-0.2, -0.15) is 0 Å². The molecule has 1 aliphatic rings. The van der Waals surface area contributed by atoms with Gasteiger partial charge in [-0.15, -0.1) is 0 Å². The number of aromatic carboxylic acids is 1. The zero-order valence-corrected chi connectivity index (χ0v) is 14.7. The summed E-state index contributed by atoms with van der Waals surface area (Å²) in [4.78, 5) is 28.9. The fourth-order valence-electron chi connectivity index (χ4n) is 2.54. The lowest BCUT2D eigenvalue weighted by atomic mass is 10.2. The van der Waals surface area contributed by atoms with E-state index < -0.39 is 5.97 Å². The summed E-state index contributed by atoms with van der Waals surface area (Å²) >= 11 is 0. The second-order valence-electron chi connectivity index (χ2n) is 5.96. The van der Waals surface area contributed by atoms with E-state index in [9.17, 15) is 9.59 Å². The van der Waals surface area contributed by atoms with Crippen LogP contribution in [0.25, 0.3) is 0 Å². The fourth-order valence-corrected chi connectivity index (χ4v) is 2.54. The minimum absolute atomic E-state index is 0.00334. The predicted octanol–water partition coefficient (Wildman–Crippen LogP) is 2.37. The fraction of sp³-hybridized carbons (Fsp3) is 0.250. The summed E-state index contributed by atoms with van der Waals surface area (Å²) < 4.78 is 10.8. The van der Waals surface area contributed by atoms with Gasteiger partial charge in [0.25, 0.3) is 5.91 Å². The number of ether oxygens (including phenoxy) is 2. The molecule has 1 amide bonds. The molecule has 0 atom stereocenters. The van der Waals surface area contributed by atoms with Crippen LogP contribution >= 0.6 is 0 Å². The van der Waals surface area contributed by atoms with Gasteiger partial charge in [-0.1, -0.05) is 0 Å². The molecule has 0 radical (unpaired) electrons. The first-order chi connectivity index (χ1) is 13.1. The van der Waals surface area contributed by atoms with E-state index in [2.05, 4.69) is 4.99 Å². The van der Waals surface area contributed by atoms with E-state index in [0.29, 0.717) is 37.7 Å². The highest BCUT2D eigenvalue weighted by Gasteiger charge is 2.16. The van der Waals surface area contributed by atoms with Gasteiger partial charge in [0.05, 0.1) is 24.5 Å². The van der Waals surface area contributed by atoms with E-state index in [-0.39, 0.29) is 18.1 Å². The second kappa shape index (κ2) is 8.95. The summed E-state index contributed by atoms with van der Waals surface area (Å²) in [6.07, 6.45) is 1.68. The van der Waals surface area contributed by atoms with Crippen molar-refractivity contribution < 1.29 is 24.2 Å². The van der Waals surface area contributed by atoms with Gasteiger partial charge in [-0.05, 0) is 54.1 Å². The summed E-state index contributed by atoms with van der Waals surface area (Å²) in [5.74, 6) is -0.401. The van der Waals surface area contributed by atoms with Crippen LogP contribution in [0.3, 0.4) is 0 Å². The first-order valence-corrected chi connectivity index (χ1v) is 8.57. The van der Waals surface area contributed by atoms with Crippen LogP contribution in [0.15, 0.2) is 53.5 Å². The Bertz CT molecular complexity index is 809. The summed E-state index contributed by atoms with van der Waals surface area (Å²) in [6, 6.07) is 13.6. The zero-order valence-electron chi connectivity index (χ0n) is 14.7. The first-order valence-electron chi connectivity index (χ1n) is 8.57. The van der Waals surface area contributed by atoms with Crippen LogP contribution in [0.1, 0.15) is 15.9 Å². The van der Waals surface area contributed by atoms with Gasteiger partial charge in [-0.25, -0.2) is 4.79 Å². The number of rotatable bonds is 6. The van der Waals surface area contributed by atoms with Crippen molar-refractivity contribution in [3.63, 3.8) is 0 Å². The molecule has 0 saturated carbocycles. The summed E-state index contributed by atoms with van der Waals surface area (Å²) in [7, 11) is 0. The Kier molecular flexibility index (Phi) is 6.17. The second-order valence-corrected chi connectivity index (χ2v) is 5.96. The summed E-state index contributed by atoms with van der Waals surface area (Å²) in [5, 5.41) is 8.88. The number of hydrogen-bond donors (Lipinski definition) is 1. The molecule has 1 aliphatic heterocycles. The van der Waals surface area contributed by atoms with E-state index in [1.165, 1.54) is 12.1 Å². The molecule has 1 N–H and O–H groups in total. The number of carboxylic acid groups (broad SMARTS) is 1. The minimum atomic E-state index is -0.965. The zero-order chi connectivity index (χ0) is 19.1. The molecule has 0 bridgehead atoms. The maximum Gasteiger partial charge on any atom is 0.335 e. The Morgan fingerprint density at radius 3 is 2.37 bits per heavy atom. The lowest BCUT2D eigenvalue weighted by molar-refractivity contribution is -0.137. The largest absolute Gasteiger partial charge is 0.484 e. The molecule has 7 nitrogen and oxygen atoms in total. The van der Waals surface area contributed by atoms with Crippen molar-refractivity contribution in [2.75, 3.05) is 32.9 Å². The van der Waals surface area contributed by atoms with Gasteiger partial charge in [0.1, 0.15) is 5.75 Å². The van der Waals surface area contributed by atoms with Crippen molar-refractivity contribution in [2.45, 2.75) is 0 Å². The van der Waals surface area contributed by atoms with Crippen LogP contribution in [-0.4, -0.2) is 61.0 Å². The Labute approximate surface area is 156 Å². The monoisotopic (exact) mass is 368 g/mol. The molecular formula is C20H20N2O5. The topological polar surface area (TPSA) is 88.4 Å². The molecular weight excluding hydrogens is 348 g/mol. The standard InChI is InChI=1S/C20H20N2O5/c23-19(22-9-11-26-12-10-22)14-27-18-7-1-15(2-8-18)13-21-17-5-3-16(4-6-17)20(24)25/h1-8,13H,9-12,14H2,(H,24,25). The molecule has 1 fully saturated rings. The quantitative estimate of drug-likeness (QED) is 0.791. The Morgan fingerprint density at radius 1 is 1.07 bits per heavy atom. The van der Waals surface area contributed by atoms with Gasteiger partial charge in [-0.3, -0.25) is 9.79 Å². The number of morpholine rings is 1. The molecule has 2 aromatic rings. The van der Waals surface area contributed by atoms with Gasteiger partial charge in [0.2, 0.25) is 0 Å². The van der Waals surface area contributed by atoms with Crippen molar-refractivity contribution in [2.24, 2.45) is 4.99 Å². The number of aliphatic imine (C=N–C) groups is 1. The molecule has 2 aromatic carbocycles. The number of nitrogens with zero attached hydrogens (tertiary/aromatic N) is 2. The first kappa shape index (κ1) is 18.6. The molecule has 0 aliphatic carbocycles. The van der Waals surface area contributed by atoms with E-state index in [1.807, 2.05) is 12.1 Å². The number of carbonyl (C=O) groups excluding carboxylic acids is 1. The van der Waals surface area contributed by atoms with Gasteiger partial charge < -0.3 is 19.5 Å². The molecule has 3 rings (SSSR count). The molecule has 0 spiro atoms. The van der Waals surface area contributed by atoms with Crippen LogP contribution < -0.4 is 4.74 Å². The van der Waals surface area contributed by atoms with Crippen LogP contribution in [-0.2, 0) is 9.53 Å². The van der Waals surface area contributed by atoms with Crippen LogP contribution in [0, 0.1) is 0 Å². The third-order valence-corrected chi connectivity index (χ3v) is 4.08. The molecule has 140 valence electrons. The predicted molar refractivity (Wildman–Crippen MR) is 100.0 cm³/mol. The average molecular weight is 368 g/mol. The average Bonchev–Trinajstić information content (AvgIpc) is 2.72. The lowest BCUT2D eigenvalue weighted by Gasteiger charge is -2.26. The Hall–Kier alpha value is -3.19. The Balaban J connectivity index is 1.52. The van der Waals surface area contributed by atoms with E-state index in [4.69, 9.17) is 14.6 Å². The third kappa shape index (κ3) is 5.39. The van der Waals surface area contributed by atoms with Crippen molar-refractivity contribution in [1.29, 1.82) is 0 Å². The molecule has 1 saturated heterocycles. The minimum Gasteiger partial charge on any atom is -0.484 e. The number of amides is 1. The van der Waals surface area contributed by atoms with E-state index in [0.717, 1.165) is 5.56 Å². The molecule has 27 heavy (non-hydrogen) atoms. The normalized spacial score (nSPS) is 14.3. The molecule has 7 heteroatoms. The van der Waals surface area contributed by atoms with Gasteiger partial charge >= 0.3 is 5.97 Å². The third-order valence-electron chi connectivity index (χ3n) is 4.08. The van der Waals surface area contributed by atoms with Crippen LogP contribution in [0.2, 0.25) is 0 Å². The highest BCUT2D eigenvalue weighted by molar-refractivity contribution is 5.88. The highest BCUT2D eigenvalue weighted by Crippen LogP contribution is 2.15. The number of hydrogen-bond acceptors (Lipinski definition) is 5. The summed E-state index contributed by atoms with van der Waals surface area (Å²) in [5.41, 5.74) is 1.75. The van der Waals surface area contributed by atoms with Crippen molar-refractivity contribution in [1.82, 2.24) is 4.90 Å². The maximum atomic E-state index is 12.1. The van der Waals surface area contributed by atoms with E-state index in [1.54, 1.807) is 35.4 Å². The smallest absolute Gasteiger partial charge is 0.335 e. The highest BCUT2D eigenvalue weighted by atomic mass is 16.5. The molecule has 1 heterocycles. The SMILES string of the molecule is O=C(O)c1ccc(N=Cc2ccc(OCC(=O)N3CCOCC3)cc2)cc1. The molecule has 0 unspecified atom stereocenters. The van der Waals surface area contributed by atoms with E-state index >= 15 is 0 Å². The van der Waals surface area contributed by atoms with Crippen molar-refractivity contribution in [3.8, 4) is 5.75 Å². The Morgan fingerprint density at radius 2 is 1.74 bits per heavy atom. The number of carboxylic acids is 1. The number of carbonyl (C=O) groups is 2. The van der Waals surface area contributed by atoms with Gasteiger partial charge in [0, 0.05) is 19.3 Å². The molecule has 0 aromatic heterocycles. The van der Waals surface area contributed by atoms with Crippen molar-refractivity contribution >= 4 is 23.8 Å². The van der Waals surface area contributed by atoms with Crippen LogP contribution in [0.4, 0.5) is 5.69 Å². The van der Waals surface area contributed by atoms with Crippen LogP contribution in [0.5, 0.6) is 5.75 Å². The lowest BCUT2D eigenvalue weighted by Crippen LogP contribution is -2.42. The summed E-state index contributed by atoms with van der Waals surface area (Å²) in [6.45, 7) is 2.34. The van der Waals surface area contributed by atoms with Gasteiger partial charge in [0.15, 0.2) is 6.61 Å². The number of benzene rings is 2. The van der Waals surface area contributed by atoms with Crippen molar-refractivity contribution in [3.05, 3.63) is 59.7 Å².